The first kappa shape index (κ1) is 8.89. The van der Waals surface area contributed by atoms with Gasteiger partial charge >= 0.3 is 18.9 Å². The van der Waals surface area contributed by atoms with E-state index in [1.807, 2.05) is 0 Å². The predicted molar refractivity (Wildman–Crippen MR) is 0 cm³/mol. The molecule has 0 atom stereocenters. The second-order valence-corrected chi connectivity index (χ2v) is 0.327. The SMILES string of the molecule is [Li+].[O-][Br+][O-]. The van der Waals surface area contributed by atoms with E-state index >= 15 is 0 Å². The van der Waals surface area contributed by atoms with Gasteiger partial charge in [-0.1, -0.05) is 0 Å². The standard InChI is InChI=1S/BrO2.Li/c2-1-3;/q-1;+1. The van der Waals surface area contributed by atoms with Gasteiger partial charge in [0.1, 0.15) is 0 Å². The third-order valence-corrected chi connectivity index (χ3v) is 0. The average Bonchev–Trinajstić information content (AvgIpc) is 0.918. The zero-order chi connectivity index (χ0) is 2.71. The van der Waals surface area contributed by atoms with E-state index in [0.717, 1.165) is 0 Å². The van der Waals surface area contributed by atoms with Gasteiger partial charge in [-0.25, -0.2) is 0 Å². The van der Waals surface area contributed by atoms with Gasteiger partial charge in [0.2, 0.25) is 0 Å². The van der Waals surface area contributed by atoms with Crippen molar-refractivity contribution < 1.29 is 42.8 Å². The average molecular weight is 119 g/mol. The Morgan fingerprint density at radius 3 is 1.25 bits per heavy atom. The maximum absolute atomic E-state index is 8.41. The van der Waals surface area contributed by atoms with E-state index < -0.39 is 15.5 Å². The molecule has 0 radical (unpaired) electrons. The van der Waals surface area contributed by atoms with Gasteiger partial charge in [-0.3, -0.25) is 0 Å². The molecule has 4 heavy (non-hydrogen) atoms. The Kier molecular flexibility index (Phi) is 20.0. The molecule has 0 unspecified atom stereocenters. The Morgan fingerprint density at radius 1 is 1.25 bits per heavy atom. The van der Waals surface area contributed by atoms with E-state index in [4.69, 9.17) is 8.40 Å². The minimum absolute atomic E-state index is 0. The summed E-state index contributed by atoms with van der Waals surface area (Å²) < 4.78 is 16.8. The van der Waals surface area contributed by atoms with Gasteiger partial charge in [0, 0.05) is 0 Å². The van der Waals surface area contributed by atoms with Crippen LogP contribution < -0.4 is 27.3 Å². The molecule has 0 fully saturated rings. The molecule has 0 aliphatic heterocycles. The van der Waals surface area contributed by atoms with Crippen molar-refractivity contribution in [3.8, 4) is 0 Å². The second kappa shape index (κ2) is 9.00. The van der Waals surface area contributed by atoms with Crippen LogP contribution in [0.15, 0.2) is 0 Å². The van der Waals surface area contributed by atoms with Gasteiger partial charge in [-0.2, -0.15) is 0 Å². The van der Waals surface area contributed by atoms with Crippen LogP contribution in [-0.2, 0) is 0 Å². The quantitative estimate of drug-likeness (QED) is 0.299. The molecular weight excluding hydrogens is 119 g/mol. The van der Waals surface area contributed by atoms with Crippen LogP contribution in [0.4, 0.5) is 0 Å². The van der Waals surface area contributed by atoms with Crippen LogP contribution in [-0.4, -0.2) is 0 Å². The molecular formula is BrLiO2. The molecule has 0 saturated heterocycles. The summed E-state index contributed by atoms with van der Waals surface area (Å²) in [6.07, 6.45) is 0. The minimum atomic E-state index is -1.44. The molecule has 0 aromatic heterocycles. The van der Waals surface area contributed by atoms with E-state index in [9.17, 15) is 0 Å². The van der Waals surface area contributed by atoms with Crippen LogP contribution in [0.1, 0.15) is 0 Å². The number of rotatable bonds is 0. The fourth-order valence-corrected chi connectivity index (χ4v) is 0. The molecule has 0 N–H and O–H groups in total. The topological polar surface area (TPSA) is 46.1 Å². The molecule has 0 amide bonds. The summed E-state index contributed by atoms with van der Waals surface area (Å²) in [5, 5.41) is 0. The molecule has 0 heterocycles. The Balaban J connectivity index is 0. The van der Waals surface area contributed by atoms with Crippen LogP contribution in [0, 0.1) is 15.5 Å². The molecule has 0 saturated carbocycles. The van der Waals surface area contributed by atoms with Crippen molar-refractivity contribution >= 4 is 0 Å². The first-order valence-corrected chi connectivity index (χ1v) is 1.60. The van der Waals surface area contributed by atoms with Crippen LogP contribution >= 0.6 is 0 Å². The monoisotopic (exact) mass is 118 g/mol. The van der Waals surface area contributed by atoms with E-state index in [2.05, 4.69) is 0 Å². The molecule has 4 heteroatoms. The van der Waals surface area contributed by atoms with Crippen molar-refractivity contribution in [3.05, 3.63) is 0 Å². The molecule has 0 aromatic rings. The van der Waals surface area contributed by atoms with Gasteiger partial charge < -0.3 is 8.40 Å². The van der Waals surface area contributed by atoms with Crippen LogP contribution in [0.3, 0.4) is 0 Å². The van der Waals surface area contributed by atoms with Crippen molar-refractivity contribution in [2.75, 3.05) is 0 Å². The van der Waals surface area contributed by atoms with Crippen LogP contribution in [0.2, 0.25) is 0 Å². The van der Waals surface area contributed by atoms with Gasteiger partial charge in [-0.15, -0.1) is 0 Å². The Hall–Kier alpha value is 0.997. The van der Waals surface area contributed by atoms with Gasteiger partial charge in [-0.05, 0) is 0 Å². The maximum atomic E-state index is 8.41. The zero-order valence-electron chi connectivity index (χ0n) is 2.19. The molecule has 0 aliphatic rings. The summed E-state index contributed by atoms with van der Waals surface area (Å²) in [7, 11) is 0. The van der Waals surface area contributed by atoms with Crippen LogP contribution in [0.25, 0.3) is 0 Å². The molecule has 0 spiro atoms. The summed E-state index contributed by atoms with van der Waals surface area (Å²) in [6, 6.07) is 0. The third-order valence-electron chi connectivity index (χ3n) is 0. The summed E-state index contributed by atoms with van der Waals surface area (Å²) >= 11 is -1.44. The summed E-state index contributed by atoms with van der Waals surface area (Å²) in [4.78, 5) is 0. The third kappa shape index (κ3) is 12.0. The first-order chi connectivity index (χ1) is 1.41. The number of halogens is 1. The van der Waals surface area contributed by atoms with Gasteiger partial charge in [0.25, 0.3) is 0 Å². The Morgan fingerprint density at radius 2 is 1.25 bits per heavy atom. The van der Waals surface area contributed by atoms with Crippen molar-refractivity contribution in [2.24, 2.45) is 0 Å². The van der Waals surface area contributed by atoms with Crippen molar-refractivity contribution in [3.63, 3.8) is 0 Å². The van der Waals surface area contributed by atoms with E-state index in [0.29, 0.717) is 0 Å². The smallest absolute Gasteiger partial charge is 0.585 e. The minimum Gasteiger partial charge on any atom is -0.585 e. The summed E-state index contributed by atoms with van der Waals surface area (Å²) in [6.45, 7) is 0. The Bertz CT molecular complexity index is 6.00. The van der Waals surface area contributed by atoms with E-state index in [1.54, 1.807) is 0 Å². The molecule has 0 rings (SSSR count). The fourth-order valence-electron chi connectivity index (χ4n) is 0. The second-order valence-electron chi connectivity index (χ2n) is 0.0630. The van der Waals surface area contributed by atoms with E-state index in [-0.39, 0.29) is 18.9 Å². The molecule has 20 valence electrons. The zero-order valence-corrected chi connectivity index (χ0v) is 3.78. The van der Waals surface area contributed by atoms with Gasteiger partial charge in [0.15, 0.2) is 15.5 Å². The molecule has 2 nitrogen and oxygen atoms in total. The summed E-state index contributed by atoms with van der Waals surface area (Å²) in [5.41, 5.74) is 0. The Labute approximate surface area is 43.1 Å². The molecule has 0 aliphatic carbocycles. The fraction of sp³-hybridized carbons (Fsp3) is 0. The number of hydrogen-bond acceptors (Lipinski definition) is 2. The largest absolute Gasteiger partial charge is 1.00 e. The maximum Gasteiger partial charge on any atom is 1.00 e. The molecule has 0 aromatic carbocycles. The predicted octanol–water partition coefficient (Wildman–Crippen LogP) is -5.37. The normalized spacial score (nSPS) is 4.50. The summed E-state index contributed by atoms with van der Waals surface area (Å²) in [5.74, 6) is 0. The molecule has 0 bridgehead atoms. The van der Waals surface area contributed by atoms with Crippen molar-refractivity contribution in [1.82, 2.24) is 0 Å². The number of hydrogen-bond donors (Lipinski definition) is 0. The van der Waals surface area contributed by atoms with Crippen molar-refractivity contribution in [2.45, 2.75) is 0 Å². The van der Waals surface area contributed by atoms with Gasteiger partial charge in [0.05, 0.1) is 0 Å². The van der Waals surface area contributed by atoms with Crippen molar-refractivity contribution in [1.29, 1.82) is 0 Å². The first-order valence-electron chi connectivity index (χ1n) is 0.309. The van der Waals surface area contributed by atoms with Crippen LogP contribution in [0.5, 0.6) is 0 Å². The van der Waals surface area contributed by atoms with E-state index in [1.165, 1.54) is 0 Å².